The van der Waals surface area contributed by atoms with Crippen LogP contribution in [0.15, 0.2) is 0 Å². The van der Waals surface area contributed by atoms with Gasteiger partial charge in [0.2, 0.25) is 5.91 Å². The molecule has 2 rings (SSSR count). The fraction of sp³-hybridized carbons (Fsp3) is 0.917. The number of carbonyl (C=O) groups is 1. The molecule has 0 bridgehead atoms. The van der Waals surface area contributed by atoms with E-state index in [4.69, 9.17) is 0 Å². The maximum absolute atomic E-state index is 12.0. The highest BCUT2D eigenvalue weighted by atomic mass is 16.2. The van der Waals surface area contributed by atoms with E-state index in [-0.39, 0.29) is 0 Å². The first kappa shape index (κ1) is 10.9. The van der Waals surface area contributed by atoms with Gasteiger partial charge in [0.05, 0.1) is 0 Å². The fourth-order valence-electron chi connectivity index (χ4n) is 2.52. The van der Waals surface area contributed by atoms with E-state index < -0.39 is 0 Å². The van der Waals surface area contributed by atoms with Crippen LogP contribution in [0.1, 0.15) is 32.6 Å². The minimum Gasteiger partial charge on any atom is -0.343 e. The van der Waals surface area contributed by atoms with Crippen molar-refractivity contribution in [1.29, 1.82) is 0 Å². The van der Waals surface area contributed by atoms with Crippen LogP contribution in [0.4, 0.5) is 0 Å². The van der Waals surface area contributed by atoms with Gasteiger partial charge < -0.3 is 10.2 Å². The second-order valence-corrected chi connectivity index (χ2v) is 5.13. The van der Waals surface area contributed by atoms with E-state index >= 15 is 0 Å². The third kappa shape index (κ3) is 2.94. The van der Waals surface area contributed by atoms with Crippen molar-refractivity contribution >= 4 is 5.91 Å². The van der Waals surface area contributed by atoms with Crippen molar-refractivity contribution in [2.45, 2.75) is 32.6 Å². The van der Waals surface area contributed by atoms with Crippen LogP contribution in [0, 0.1) is 11.8 Å². The molecule has 1 N–H and O–H groups in total. The zero-order valence-electron chi connectivity index (χ0n) is 9.67. The van der Waals surface area contributed by atoms with Crippen LogP contribution in [0.5, 0.6) is 0 Å². The largest absolute Gasteiger partial charge is 0.343 e. The number of nitrogens with one attached hydrogen (secondary N) is 1. The molecule has 0 aromatic rings. The van der Waals surface area contributed by atoms with Gasteiger partial charge in [0, 0.05) is 19.5 Å². The number of hydrogen-bond acceptors (Lipinski definition) is 2. The summed E-state index contributed by atoms with van der Waals surface area (Å²) in [7, 11) is 0. The maximum Gasteiger partial charge on any atom is 0.222 e. The van der Waals surface area contributed by atoms with E-state index in [0.29, 0.717) is 11.8 Å². The number of carbonyl (C=O) groups excluding carboxylic acids is 1. The van der Waals surface area contributed by atoms with Crippen LogP contribution in [0.2, 0.25) is 0 Å². The molecule has 2 saturated heterocycles. The lowest BCUT2D eigenvalue weighted by Gasteiger charge is -2.31. The Hall–Kier alpha value is -0.570. The molecule has 0 spiro atoms. The molecule has 3 nitrogen and oxygen atoms in total. The Morgan fingerprint density at radius 2 is 2.07 bits per heavy atom. The quantitative estimate of drug-likeness (QED) is 0.744. The predicted molar refractivity (Wildman–Crippen MR) is 60.6 cm³/mol. The summed E-state index contributed by atoms with van der Waals surface area (Å²) in [6.45, 7) is 6.38. The molecule has 3 heteroatoms. The van der Waals surface area contributed by atoms with E-state index in [0.717, 1.165) is 38.5 Å². The van der Waals surface area contributed by atoms with Crippen LogP contribution >= 0.6 is 0 Å². The average Bonchev–Trinajstić information content (AvgIpc) is 2.71. The van der Waals surface area contributed by atoms with Crippen molar-refractivity contribution in [2.75, 3.05) is 26.2 Å². The maximum atomic E-state index is 12.0. The van der Waals surface area contributed by atoms with E-state index in [2.05, 4.69) is 17.1 Å². The lowest BCUT2D eigenvalue weighted by atomic mass is 9.97. The second kappa shape index (κ2) is 4.97. The monoisotopic (exact) mass is 210 g/mol. The minimum absolute atomic E-state index is 0.385. The summed E-state index contributed by atoms with van der Waals surface area (Å²) in [5, 5.41) is 3.32. The topological polar surface area (TPSA) is 32.3 Å². The highest BCUT2D eigenvalue weighted by Gasteiger charge is 2.24. The first-order valence-electron chi connectivity index (χ1n) is 6.24. The normalized spacial score (nSPS) is 28.3. The Labute approximate surface area is 92.2 Å². The van der Waals surface area contributed by atoms with Gasteiger partial charge in [-0.1, -0.05) is 6.92 Å². The molecule has 15 heavy (non-hydrogen) atoms. The highest BCUT2D eigenvalue weighted by Crippen LogP contribution is 2.19. The summed E-state index contributed by atoms with van der Waals surface area (Å²) in [6, 6.07) is 0. The standard InChI is InChI=1S/C12H22N2O/c1-10-3-6-14(7-4-10)12(15)8-11-2-5-13-9-11/h10-11,13H,2-9H2,1H3. The summed E-state index contributed by atoms with van der Waals surface area (Å²) < 4.78 is 0. The third-order valence-electron chi connectivity index (χ3n) is 3.76. The first-order valence-corrected chi connectivity index (χ1v) is 6.24. The fourth-order valence-corrected chi connectivity index (χ4v) is 2.52. The van der Waals surface area contributed by atoms with E-state index in [1.165, 1.54) is 19.3 Å². The first-order chi connectivity index (χ1) is 7.25. The SMILES string of the molecule is CC1CCN(C(=O)CC2CCNC2)CC1. The molecule has 0 saturated carbocycles. The van der Waals surface area contributed by atoms with Gasteiger partial charge >= 0.3 is 0 Å². The molecule has 86 valence electrons. The van der Waals surface area contributed by atoms with Crippen molar-refractivity contribution in [3.05, 3.63) is 0 Å². The number of piperidine rings is 1. The molecule has 2 aliphatic heterocycles. The molecule has 1 unspecified atom stereocenters. The Balaban J connectivity index is 1.75. The molecular weight excluding hydrogens is 188 g/mol. The highest BCUT2D eigenvalue weighted by molar-refractivity contribution is 5.76. The van der Waals surface area contributed by atoms with Crippen LogP contribution < -0.4 is 5.32 Å². The molecule has 0 aromatic heterocycles. The molecule has 1 atom stereocenters. The zero-order chi connectivity index (χ0) is 10.7. The van der Waals surface area contributed by atoms with E-state index in [9.17, 15) is 4.79 Å². The van der Waals surface area contributed by atoms with Crippen molar-refractivity contribution in [3.63, 3.8) is 0 Å². The lowest BCUT2D eigenvalue weighted by molar-refractivity contribution is -0.133. The Bertz CT molecular complexity index is 216. The Morgan fingerprint density at radius 1 is 1.33 bits per heavy atom. The van der Waals surface area contributed by atoms with Gasteiger partial charge in [-0.05, 0) is 44.2 Å². The van der Waals surface area contributed by atoms with Gasteiger partial charge in [-0.2, -0.15) is 0 Å². The minimum atomic E-state index is 0.385. The number of amides is 1. The Kier molecular flexibility index (Phi) is 3.62. The average molecular weight is 210 g/mol. The molecule has 0 aromatic carbocycles. The summed E-state index contributed by atoms with van der Waals surface area (Å²) in [6.07, 6.45) is 4.32. The Morgan fingerprint density at radius 3 is 2.67 bits per heavy atom. The molecule has 2 fully saturated rings. The van der Waals surface area contributed by atoms with Gasteiger partial charge in [0.25, 0.3) is 0 Å². The lowest BCUT2D eigenvalue weighted by Crippen LogP contribution is -2.38. The van der Waals surface area contributed by atoms with E-state index in [1.54, 1.807) is 0 Å². The van der Waals surface area contributed by atoms with Gasteiger partial charge in [0.1, 0.15) is 0 Å². The van der Waals surface area contributed by atoms with E-state index in [1.807, 2.05) is 0 Å². The van der Waals surface area contributed by atoms with Gasteiger partial charge in [-0.15, -0.1) is 0 Å². The van der Waals surface area contributed by atoms with Crippen molar-refractivity contribution in [2.24, 2.45) is 11.8 Å². The summed E-state index contributed by atoms with van der Waals surface area (Å²) in [4.78, 5) is 14.0. The number of likely N-dealkylation sites (tertiary alicyclic amines) is 1. The van der Waals surface area contributed by atoms with Gasteiger partial charge in [-0.25, -0.2) is 0 Å². The molecule has 0 radical (unpaired) electrons. The summed E-state index contributed by atoms with van der Waals surface area (Å²) >= 11 is 0. The number of hydrogen-bond donors (Lipinski definition) is 1. The van der Waals surface area contributed by atoms with Gasteiger partial charge in [0.15, 0.2) is 0 Å². The van der Waals surface area contributed by atoms with Crippen LogP contribution in [-0.2, 0) is 4.79 Å². The van der Waals surface area contributed by atoms with Gasteiger partial charge in [-0.3, -0.25) is 4.79 Å². The molecule has 2 heterocycles. The van der Waals surface area contributed by atoms with Crippen molar-refractivity contribution in [1.82, 2.24) is 10.2 Å². The molecular formula is C12H22N2O. The second-order valence-electron chi connectivity index (χ2n) is 5.13. The molecule has 0 aliphatic carbocycles. The molecule has 2 aliphatic rings. The summed E-state index contributed by atoms with van der Waals surface area (Å²) in [5.74, 6) is 1.79. The zero-order valence-corrected chi connectivity index (χ0v) is 9.67. The smallest absolute Gasteiger partial charge is 0.222 e. The molecule has 1 amide bonds. The van der Waals surface area contributed by atoms with Crippen LogP contribution in [0.25, 0.3) is 0 Å². The number of nitrogens with zero attached hydrogens (tertiary/aromatic N) is 1. The summed E-state index contributed by atoms with van der Waals surface area (Å²) in [5.41, 5.74) is 0. The van der Waals surface area contributed by atoms with Crippen LogP contribution in [0.3, 0.4) is 0 Å². The van der Waals surface area contributed by atoms with Crippen LogP contribution in [-0.4, -0.2) is 37.0 Å². The predicted octanol–water partition coefficient (Wildman–Crippen LogP) is 1.24. The number of rotatable bonds is 2. The third-order valence-corrected chi connectivity index (χ3v) is 3.76. The van der Waals surface area contributed by atoms with Crippen molar-refractivity contribution in [3.8, 4) is 0 Å². The van der Waals surface area contributed by atoms with Crippen molar-refractivity contribution < 1.29 is 4.79 Å².